The normalized spacial score (nSPS) is 10.4. The lowest BCUT2D eigenvalue weighted by Crippen LogP contribution is -2.18. The van der Waals surface area contributed by atoms with Crippen molar-refractivity contribution in [3.05, 3.63) is 51.7 Å². The molecule has 0 aliphatic rings. The van der Waals surface area contributed by atoms with E-state index in [0.717, 1.165) is 21.4 Å². The molecule has 0 atom stereocenters. The fourth-order valence-corrected chi connectivity index (χ4v) is 2.30. The molecule has 0 saturated carbocycles. The summed E-state index contributed by atoms with van der Waals surface area (Å²) in [6.07, 6.45) is 3.38. The molecule has 2 aromatic rings. The van der Waals surface area contributed by atoms with E-state index in [1.807, 2.05) is 31.3 Å². The van der Waals surface area contributed by atoms with Crippen LogP contribution in [-0.2, 0) is 6.54 Å². The number of benzene rings is 1. The van der Waals surface area contributed by atoms with Crippen molar-refractivity contribution in [3.63, 3.8) is 0 Å². The molecule has 0 spiro atoms. The van der Waals surface area contributed by atoms with Crippen molar-refractivity contribution in [3.8, 4) is 0 Å². The molecule has 1 aromatic carbocycles. The molecule has 1 heterocycles. The Balaban J connectivity index is 2.22. The number of aromatic nitrogens is 1. The highest BCUT2D eigenvalue weighted by Crippen LogP contribution is 2.27. The molecule has 2 N–H and O–H groups in total. The highest BCUT2D eigenvalue weighted by atomic mass is 79.9. The second-order valence-corrected chi connectivity index (χ2v) is 5.35. The van der Waals surface area contributed by atoms with Gasteiger partial charge in [0.25, 0.3) is 0 Å². The Labute approximate surface area is 120 Å². The number of nitrogens with zero attached hydrogens (tertiary/aromatic N) is 2. The Hall–Kier alpha value is -1.26. The number of pyridine rings is 1. The number of rotatable bonds is 3. The second-order valence-electron chi connectivity index (χ2n) is 4.03. The lowest BCUT2D eigenvalue weighted by molar-refractivity contribution is 0.921. The third kappa shape index (κ3) is 2.94. The maximum atomic E-state index is 6.09. The van der Waals surface area contributed by atoms with Crippen molar-refractivity contribution in [1.29, 1.82) is 0 Å². The van der Waals surface area contributed by atoms with Gasteiger partial charge in [-0.2, -0.15) is 0 Å². The van der Waals surface area contributed by atoms with E-state index in [-0.39, 0.29) is 0 Å². The molecular formula is C13H13BrClN3. The highest BCUT2D eigenvalue weighted by Gasteiger charge is 2.08. The van der Waals surface area contributed by atoms with Crippen LogP contribution in [0, 0.1) is 0 Å². The van der Waals surface area contributed by atoms with Crippen molar-refractivity contribution in [1.82, 2.24) is 4.98 Å². The van der Waals surface area contributed by atoms with E-state index in [0.29, 0.717) is 11.6 Å². The predicted octanol–water partition coefficient (Wildman–Crippen LogP) is 3.72. The van der Waals surface area contributed by atoms with Crippen LogP contribution in [0.15, 0.2) is 41.1 Å². The van der Waals surface area contributed by atoms with Crippen molar-refractivity contribution < 1.29 is 0 Å². The van der Waals surface area contributed by atoms with Crippen LogP contribution in [0.1, 0.15) is 5.56 Å². The molecule has 2 rings (SSSR count). The first kappa shape index (κ1) is 13.2. The van der Waals surface area contributed by atoms with E-state index in [2.05, 4.69) is 25.8 Å². The maximum Gasteiger partial charge on any atom is 0.0639 e. The first-order chi connectivity index (χ1) is 8.58. The van der Waals surface area contributed by atoms with E-state index in [9.17, 15) is 0 Å². The Morgan fingerprint density at radius 1 is 1.39 bits per heavy atom. The van der Waals surface area contributed by atoms with E-state index in [1.54, 1.807) is 12.4 Å². The molecule has 0 aliphatic heterocycles. The van der Waals surface area contributed by atoms with Crippen LogP contribution in [0.4, 0.5) is 11.4 Å². The topological polar surface area (TPSA) is 42.2 Å². The Bertz CT molecular complexity index is 560. The van der Waals surface area contributed by atoms with Gasteiger partial charge in [0.05, 0.1) is 16.4 Å². The fourth-order valence-electron chi connectivity index (χ4n) is 1.75. The van der Waals surface area contributed by atoms with Gasteiger partial charge in [-0.25, -0.2) is 0 Å². The molecule has 0 aliphatic carbocycles. The minimum atomic E-state index is 0.667. The standard InChI is InChI=1S/C13H13BrClN3/c1-18(8-9-4-5-17-7-11(9)15)13-3-2-10(14)6-12(13)16/h2-7H,8,16H2,1H3. The van der Waals surface area contributed by atoms with E-state index >= 15 is 0 Å². The average molecular weight is 327 g/mol. The summed E-state index contributed by atoms with van der Waals surface area (Å²) >= 11 is 9.49. The summed E-state index contributed by atoms with van der Waals surface area (Å²) in [5.41, 5.74) is 8.73. The van der Waals surface area contributed by atoms with Crippen LogP contribution in [-0.4, -0.2) is 12.0 Å². The molecule has 0 bridgehead atoms. The summed E-state index contributed by atoms with van der Waals surface area (Å²) < 4.78 is 0.971. The summed E-state index contributed by atoms with van der Waals surface area (Å²) in [6, 6.07) is 7.75. The monoisotopic (exact) mass is 325 g/mol. The highest BCUT2D eigenvalue weighted by molar-refractivity contribution is 9.10. The van der Waals surface area contributed by atoms with E-state index in [1.165, 1.54) is 0 Å². The lowest BCUT2D eigenvalue weighted by Gasteiger charge is -2.21. The van der Waals surface area contributed by atoms with Gasteiger partial charge in [-0.15, -0.1) is 0 Å². The number of anilines is 2. The zero-order valence-electron chi connectivity index (χ0n) is 9.90. The molecule has 0 fully saturated rings. The van der Waals surface area contributed by atoms with Crippen molar-refractivity contribution in [2.24, 2.45) is 0 Å². The Morgan fingerprint density at radius 2 is 2.17 bits per heavy atom. The second kappa shape index (κ2) is 5.59. The molecule has 0 amide bonds. The summed E-state index contributed by atoms with van der Waals surface area (Å²) in [6.45, 7) is 0.688. The largest absolute Gasteiger partial charge is 0.397 e. The fraction of sp³-hybridized carbons (Fsp3) is 0.154. The number of nitrogens with two attached hydrogens (primary N) is 1. The van der Waals surface area contributed by atoms with E-state index < -0.39 is 0 Å². The van der Waals surface area contributed by atoms with Gasteiger partial charge in [0.1, 0.15) is 0 Å². The molecule has 0 saturated heterocycles. The summed E-state index contributed by atoms with van der Waals surface area (Å²) in [5.74, 6) is 0. The lowest BCUT2D eigenvalue weighted by atomic mass is 10.2. The van der Waals surface area contributed by atoms with Gasteiger partial charge in [-0.05, 0) is 29.8 Å². The van der Waals surface area contributed by atoms with Gasteiger partial charge < -0.3 is 10.6 Å². The predicted molar refractivity (Wildman–Crippen MR) is 79.9 cm³/mol. The molecule has 3 nitrogen and oxygen atoms in total. The molecule has 1 aromatic heterocycles. The van der Waals surface area contributed by atoms with Crippen LogP contribution in [0.2, 0.25) is 5.02 Å². The summed E-state index contributed by atoms with van der Waals surface area (Å²) in [5, 5.41) is 0.667. The Morgan fingerprint density at radius 3 is 2.83 bits per heavy atom. The molecular weight excluding hydrogens is 314 g/mol. The van der Waals surface area contributed by atoms with Crippen LogP contribution >= 0.6 is 27.5 Å². The van der Waals surface area contributed by atoms with Gasteiger partial charge in [-0.1, -0.05) is 27.5 Å². The zero-order valence-corrected chi connectivity index (χ0v) is 12.2. The van der Waals surface area contributed by atoms with Gasteiger partial charge in [0, 0.05) is 30.5 Å². The summed E-state index contributed by atoms with van der Waals surface area (Å²) in [4.78, 5) is 6.03. The van der Waals surface area contributed by atoms with E-state index in [4.69, 9.17) is 17.3 Å². The van der Waals surface area contributed by atoms with Crippen molar-refractivity contribution >= 4 is 38.9 Å². The smallest absolute Gasteiger partial charge is 0.0639 e. The maximum absolute atomic E-state index is 6.09. The third-order valence-corrected chi connectivity index (χ3v) is 3.50. The summed E-state index contributed by atoms with van der Waals surface area (Å²) in [7, 11) is 1.98. The van der Waals surface area contributed by atoms with Crippen LogP contribution in [0.3, 0.4) is 0 Å². The minimum absolute atomic E-state index is 0.667. The van der Waals surface area contributed by atoms with Crippen LogP contribution in [0.25, 0.3) is 0 Å². The number of nitrogen functional groups attached to an aromatic ring is 1. The van der Waals surface area contributed by atoms with Crippen LogP contribution < -0.4 is 10.6 Å². The quantitative estimate of drug-likeness (QED) is 0.874. The van der Waals surface area contributed by atoms with Crippen LogP contribution in [0.5, 0.6) is 0 Å². The zero-order chi connectivity index (χ0) is 13.1. The number of halogens is 2. The van der Waals surface area contributed by atoms with Gasteiger partial charge in [0.15, 0.2) is 0 Å². The minimum Gasteiger partial charge on any atom is -0.397 e. The van der Waals surface area contributed by atoms with Crippen molar-refractivity contribution in [2.45, 2.75) is 6.54 Å². The molecule has 18 heavy (non-hydrogen) atoms. The van der Waals surface area contributed by atoms with Gasteiger partial charge >= 0.3 is 0 Å². The van der Waals surface area contributed by atoms with Gasteiger partial charge in [-0.3, -0.25) is 4.98 Å². The first-order valence-electron chi connectivity index (χ1n) is 5.42. The molecule has 94 valence electrons. The number of hydrogen-bond acceptors (Lipinski definition) is 3. The SMILES string of the molecule is CN(Cc1ccncc1Cl)c1ccc(Br)cc1N. The van der Waals surface area contributed by atoms with Crippen molar-refractivity contribution in [2.75, 3.05) is 17.7 Å². The Kier molecular flexibility index (Phi) is 4.09. The third-order valence-electron chi connectivity index (χ3n) is 2.66. The molecule has 0 radical (unpaired) electrons. The number of hydrogen-bond donors (Lipinski definition) is 1. The molecule has 0 unspecified atom stereocenters. The molecule has 5 heteroatoms. The first-order valence-corrected chi connectivity index (χ1v) is 6.59. The van der Waals surface area contributed by atoms with Gasteiger partial charge in [0.2, 0.25) is 0 Å². The average Bonchev–Trinajstić information content (AvgIpc) is 2.32.